The van der Waals surface area contributed by atoms with Gasteiger partial charge in [-0.2, -0.15) is 4.98 Å². The Balaban J connectivity index is 2.91. The Morgan fingerprint density at radius 3 is 2.31 bits per heavy atom. The minimum Gasteiger partial charge on any atom is -0.339 e. The summed E-state index contributed by atoms with van der Waals surface area (Å²) >= 11 is 0. The Bertz CT molecular complexity index is 266. The van der Waals surface area contributed by atoms with Crippen LogP contribution in [0.1, 0.15) is 45.3 Å². The summed E-state index contributed by atoms with van der Waals surface area (Å²) in [6.07, 6.45) is 2.41. The van der Waals surface area contributed by atoms with Crippen molar-refractivity contribution in [3.05, 3.63) is 11.7 Å². The number of rotatable bonds is 4. The van der Waals surface area contributed by atoms with Crippen LogP contribution in [-0.4, -0.2) is 10.1 Å². The van der Waals surface area contributed by atoms with Crippen LogP contribution in [0.2, 0.25) is 0 Å². The van der Waals surface area contributed by atoms with E-state index in [1.165, 1.54) is 0 Å². The molecule has 0 aliphatic carbocycles. The number of hydrogen-bond acceptors (Lipinski definition) is 4. The third-order valence-electron chi connectivity index (χ3n) is 2.48. The van der Waals surface area contributed by atoms with E-state index in [0.717, 1.165) is 19.3 Å². The van der Waals surface area contributed by atoms with Crippen molar-refractivity contribution in [1.29, 1.82) is 0 Å². The van der Waals surface area contributed by atoms with Crippen LogP contribution in [0, 0.1) is 0 Å². The quantitative estimate of drug-likeness (QED) is 0.770. The second-order valence-electron chi connectivity index (χ2n) is 3.23. The summed E-state index contributed by atoms with van der Waals surface area (Å²) in [7, 11) is 0. The molecule has 0 unspecified atom stereocenters. The molecule has 0 aliphatic rings. The zero-order valence-corrected chi connectivity index (χ0v) is 8.50. The van der Waals surface area contributed by atoms with Crippen molar-refractivity contribution in [2.24, 2.45) is 5.73 Å². The van der Waals surface area contributed by atoms with Gasteiger partial charge in [0.2, 0.25) is 5.89 Å². The SMILES string of the molecule is CCc1nc(C(N)(CC)CC)no1. The van der Waals surface area contributed by atoms with E-state index in [2.05, 4.69) is 10.1 Å². The van der Waals surface area contributed by atoms with E-state index >= 15 is 0 Å². The molecule has 13 heavy (non-hydrogen) atoms. The lowest BCUT2D eigenvalue weighted by Crippen LogP contribution is -2.36. The summed E-state index contributed by atoms with van der Waals surface area (Å²) in [5.41, 5.74) is 5.68. The van der Waals surface area contributed by atoms with Crippen molar-refractivity contribution < 1.29 is 4.52 Å². The van der Waals surface area contributed by atoms with Gasteiger partial charge in [0.05, 0.1) is 5.54 Å². The number of aromatic nitrogens is 2. The van der Waals surface area contributed by atoms with Gasteiger partial charge in [0.15, 0.2) is 5.82 Å². The fourth-order valence-corrected chi connectivity index (χ4v) is 1.17. The molecule has 0 spiro atoms. The Morgan fingerprint density at radius 1 is 1.31 bits per heavy atom. The second-order valence-corrected chi connectivity index (χ2v) is 3.23. The Hall–Kier alpha value is -0.900. The average Bonchev–Trinajstić information content (AvgIpc) is 2.65. The summed E-state index contributed by atoms with van der Waals surface area (Å²) in [6.45, 7) is 6.05. The van der Waals surface area contributed by atoms with Crippen LogP contribution < -0.4 is 5.73 Å². The molecule has 0 saturated carbocycles. The normalized spacial score (nSPS) is 12.0. The molecule has 0 fully saturated rings. The summed E-state index contributed by atoms with van der Waals surface area (Å²) in [5.74, 6) is 1.29. The number of nitrogens with zero attached hydrogens (tertiary/aromatic N) is 2. The first-order valence-corrected chi connectivity index (χ1v) is 4.78. The number of aryl methyl sites for hydroxylation is 1. The molecule has 74 valence electrons. The largest absolute Gasteiger partial charge is 0.339 e. The zero-order chi connectivity index (χ0) is 9.90. The summed E-state index contributed by atoms with van der Waals surface area (Å²) < 4.78 is 5.02. The molecule has 0 aromatic carbocycles. The molecular formula is C9H17N3O. The molecule has 0 radical (unpaired) electrons. The van der Waals surface area contributed by atoms with Gasteiger partial charge >= 0.3 is 0 Å². The fourth-order valence-electron chi connectivity index (χ4n) is 1.17. The lowest BCUT2D eigenvalue weighted by Gasteiger charge is -2.21. The van der Waals surface area contributed by atoms with Crippen molar-refractivity contribution in [2.75, 3.05) is 0 Å². The van der Waals surface area contributed by atoms with Crippen LogP contribution in [-0.2, 0) is 12.0 Å². The van der Waals surface area contributed by atoms with E-state index in [1.54, 1.807) is 0 Å². The Morgan fingerprint density at radius 2 is 1.92 bits per heavy atom. The maximum Gasteiger partial charge on any atom is 0.226 e. The van der Waals surface area contributed by atoms with E-state index in [1.807, 2.05) is 20.8 Å². The van der Waals surface area contributed by atoms with Crippen LogP contribution in [0.3, 0.4) is 0 Å². The first-order valence-electron chi connectivity index (χ1n) is 4.78. The zero-order valence-electron chi connectivity index (χ0n) is 8.50. The topological polar surface area (TPSA) is 64.9 Å². The molecule has 4 heteroatoms. The van der Waals surface area contributed by atoms with Crippen LogP contribution in [0.4, 0.5) is 0 Å². The Labute approximate surface area is 78.5 Å². The first kappa shape index (κ1) is 10.2. The standard InChI is InChI=1S/C9H17N3O/c1-4-7-11-8(12-13-7)9(10,5-2)6-3/h4-6,10H2,1-3H3. The smallest absolute Gasteiger partial charge is 0.226 e. The third-order valence-corrected chi connectivity index (χ3v) is 2.48. The molecule has 0 atom stereocenters. The molecule has 2 N–H and O–H groups in total. The minimum absolute atomic E-state index is 0.420. The van der Waals surface area contributed by atoms with Gasteiger partial charge < -0.3 is 10.3 Å². The molecule has 1 heterocycles. The highest BCUT2D eigenvalue weighted by Gasteiger charge is 2.28. The monoisotopic (exact) mass is 183 g/mol. The van der Waals surface area contributed by atoms with E-state index in [0.29, 0.717) is 11.7 Å². The van der Waals surface area contributed by atoms with Crippen LogP contribution in [0.15, 0.2) is 4.52 Å². The summed E-state index contributed by atoms with van der Waals surface area (Å²) in [4.78, 5) is 4.24. The third kappa shape index (κ3) is 1.88. The highest BCUT2D eigenvalue weighted by Crippen LogP contribution is 2.22. The van der Waals surface area contributed by atoms with Gasteiger partial charge in [0, 0.05) is 6.42 Å². The van der Waals surface area contributed by atoms with Crippen molar-refractivity contribution in [1.82, 2.24) is 10.1 Å². The highest BCUT2D eigenvalue weighted by atomic mass is 16.5. The van der Waals surface area contributed by atoms with Gasteiger partial charge in [-0.3, -0.25) is 0 Å². The molecular weight excluding hydrogens is 166 g/mol. The summed E-state index contributed by atoms with van der Waals surface area (Å²) in [6, 6.07) is 0. The fraction of sp³-hybridized carbons (Fsp3) is 0.778. The van der Waals surface area contributed by atoms with Gasteiger partial charge in [-0.1, -0.05) is 25.9 Å². The van der Waals surface area contributed by atoms with Crippen molar-refractivity contribution in [3.63, 3.8) is 0 Å². The first-order chi connectivity index (χ1) is 6.16. The van der Waals surface area contributed by atoms with Crippen LogP contribution in [0.5, 0.6) is 0 Å². The highest BCUT2D eigenvalue weighted by molar-refractivity contribution is 5.02. The van der Waals surface area contributed by atoms with Crippen LogP contribution >= 0.6 is 0 Å². The minimum atomic E-state index is -0.420. The number of nitrogens with two attached hydrogens (primary N) is 1. The van der Waals surface area contributed by atoms with Gasteiger partial charge in [-0.05, 0) is 12.8 Å². The predicted octanol–water partition coefficient (Wildman–Crippen LogP) is 1.61. The molecule has 4 nitrogen and oxygen atoms in total. The van der Waals surface area contributed by atoms with Gasteiger partial charge in [-0.25, -0.2) is 0 Å². The van der Waals surface area contributed by atoms with Crippen molar-refractivity contribution in [2.45, 2.75) is 45.6 Å². The average molecular weight is 183 g/mol. The van der Waals surface area contributed by atoms with Gasteiger partial charge in [0.1, 0.15) is 0 Å². The molecule has 1 aromatic heterocycles. The molecule has 1 aromatic rings. The molecule has 0 saturated heterocycles. The lowest BCUT2D eigenvalue weighted by molar-refractivity contribution is 0.336. The lowest BCUT2D eigenvalue weighted by atomic mass is 9.93. The van der Waals surface area contributed by atoms with Crippen molar-refractivity contribution in [3.8, 4) is 0 Å². The van der Waals surface area contributed by atoms with E-state index in [9.17, 15) is 0 Å². The predicted molar refractivity (Wildman–Crippen MR) is 50.1 cm³/mol. The van der Waals surface area contributed by atoms with E-state index in [-0.39, 0.29) is 0 Å². The van der Waals surface area contributed by atoms with E-state index in [4.69, 9.17) is 10.3 Å². The molecule has 0 aliphatic heterocycles. The molecule has 1 rings (SSSR count). The van der Waals surface area contributed by atoms with Gasteiger partial charge in [-0.15, -0.1) is 0 Å². The maximum absolute atomic E-state index is 6.10. The molecule has 0 amide bonds. The summed E-state index contributed by atoms with van der Waals surface area (Å²) in [5, 5.41) is 3.89. The van der Waals surface area contributed by atoms with Gasteiger partial charge in [0.25, 0.3) is 0 Å². The molecule has 0 bridgehead atoms. The van der Waals surface area contributed by atoms with Crippen molar-refractivity contribution >= 4 is 0 Å². The number of hydrogen-bond donors (Lipinski definition) is 1. The van der Waals surface area contributed by atoms with E-state index < -0.39 is 5.54 Å². The Kier molecular flexibility index (Phi) is 3.03. The second kappa shape index (κ2) is 3.87. The van der Waals surface area contributed by atoms with Crippen LogP contribution in [0.25, 0.3) is 0 Å². The maximum atomic E-state index is 6.10.